The quantitative estimate of drug-likeness (QED) is 0.316. The average Bonchev–Trinajstić information content (AvgIpc) is 2.62. The lowest BCUT2D eigenvalue weighted by Crippen LogP contribution is -2.08. The lowest BCUT2D eigenvalue weighted by Gasteiger charge is -2.18. The van der Waals surface area contributed by atoms with E-state index in [4.69, 9.17) is 69.6 Å². The summed E-state index contributed by atoms with van der Waals surface area (Å²) in [5, 5.41) is 0.543. The Morgan fingerprint density at radius 3 is 1.54 bits per heavy atom. The first-order chi connectivity index (χ1) is 13.0. The molecule has 3 aromatic rings. The van der Waals surface area contributed by atoms with E-state index in [2.05, 4.69) is 4.98 Å². The highest BCUT2D eigenvalue weighted by Crippen LogP contribution is 2.48. The summed E-state index contributed by atoms with van der Waals surface area (Å²) >= 11 is 37.1. The number of benzene rings is 2. The minimum absolute atomic E-state index is 0.00546. The van der Waals surface area contributed by atoms with Gasteiger partial charge >= 0.3 is 6.18 Å². The minimum Gasteiger partial charge on any atom is -0.251 e. The van der Waals surface area contributed by atoms with E-state index in [1.807, 2.05) is 0 Å². The molecule has 0 aliphatic rings. The lowest BCUT2D eigenvalue weighted by molar-refractivity contribution is -0.141. The maximum atomic E-state index is 13.3. The molecule has 0 radical (unpaired) electrons. The first-order valence-corrected chi connectivity index (χ1v) is 9.64. The number of aromatic nitrogens is 1. The minimum atomic E-state index is -4.70. The Labute approximate surface area is 187 Å². The number of nitrogens with zero attached hydrogens (tertiary/aromatic N) is 1. The standard InChI is InChI=1S/C18H6Cl6F3N/c19-9-1-3-11(21)16(23)14(9)7-5-13(18(25,26)27)28-6-8(7)15-10(20)2-4-12(22)17(15)24/h1-6H. The van der Waals surface area contributed by atoms with E-state index in [1.54, 1.807) is 0 Å². The maximum absolute atomic E-state index is 13.3. The average molecular weight is 506 g/mol. The third-order valence-electron chi connectivity index (χ3n) is 3.82. The zero-order valence-corrected chi connectivity index (χ0v) is 17.8. The topological polar surface area (TPSA) is 12.9 Å². The number of pyridine rings is 1. The molecule has 0 unspecified atom stereocenters. The summed E-state index contributed by atoms with van der Waals surface area (Å²) < 4.78 is 39.9. The van der Waals surface area contributed by atoms with Crippen molar-refractivity contribution in [3.8, 4) is 22.3 Å². The van der Waals surface area contributed by atoms with Crippen LogP contribution in [-0.2, 0) is 6.18 Å². The van der Waals surface area contributed by atoms with Gasteiger partial charge in [0.1, 0.15) is 5.69 Å². The highest BCUT2D eigenvalue weighted by Gasteiger charge is 2.34. The van der Waals surface area contributed by atoms with Crippen LogP contribution in [0.15, 0.2) is 36.5 Å². The fourth-order valence-electron chi connectivity index (χ4n) is 2.56. The molecule has 1 aromatic heterocycles. The highest BCUT2D eigenvalue weighted by atomic mass is 35.5. The zero-order chi connectivity index (χ0) is 20.8. The molecule has 0 saturated heterocycles. The molecule has 2 aromatic carbocycles. The van der Waals surface area contributed by atoms with Crippen molar-refractivity contribution in [1.82, 2.24) is 4.98 Å². The fraction of sp³-hybridized carbons (Fsp3) is 0.0556. The molecular weight excluding hydrogens is 500 g/mol. The van der Waals surface area contributed by atoms with Gasteiger partial charge in [-0.2, -0.15) is 13.2 Å². The Morgan fingerprint density at radius 2 is 1.07 bits per heavy atom. The molecule has 0 spiro atoms. The SMILES string of the molecule is FC(F)(F)c1cc(-c2c(Cl)ccc(Cl)c2Cl)c(-c2c(Cl)ccc(Cl)c2Cl)cn1. The second-order valence-corrected chi connectivity index (χ2v) is 7.93. The van der Waals surface area contributed by atoms with Crippen LogP contribution in [0.3, 0.4) is 0 Å². The van der Waals surface area contributed by atoms with Gasteiger partial charge in [0.25, 0.3) is 0 Å². The smallest absolute Gasteiger partial charge is 0.251 e. The number of halogens is 9. The van der Waals surface area contributed by atoms with Crippen LogP contribution in [-0.4, -0.2) is 4.98 Å². The molecule has 0 saturated carbocycles. The molecule has 0 aliphatic heterocycles. The molecular formula is C18H6Cl6F3N. The third kappa shape index (κ3) is 4.04. The van der Waals surface area contributed by atoms with Crippen molar-refractivity contribution in [2.24, 2.45) is 0 Å². The number of hydrogen-bond donors (Lipinski definition) is 0. The summed E-state index contributed by atoms with van der Waals surface area (Å²) in [6, 6.07) is 6.59. The molecule has 10 heteroatoms. The molecule has 0 atom stereocenters. The monoisotopic (exact) mass is 503 g/mol. The zero-order valence-electron chi connectivity index (χ0n) is 13.3. The van der Waals surface area contributed by atoms with Gasteiger partial charge < -0.3 is 0 Å². The lowest BCUT2D eigenvalue weighted by atomic mass is 9.95. The summed E-state index contributed by atoms with van der Waals surface area (Å²) in [6.45, 7) is 0. The van der Waals surface area contributed by atoms with E-state index in [0.717, 1.165) is 12.3 Å². The van der Waals surface area contributed by atoms with E-state index in [9.17, 15) is 13.2 Å². The third-order valence-corrected chi connectivity index (χ3v) is 6.06. The van der Waals surface area contributed by atoms with Crippen molar-refractivity contribution in [2.45, 2.75) is 6.18 Å². The van der Waals surface area contributed by atoms with E-state index in [1.165, 1.54) is 24.3 Å². The van der Waals surface area contributed by atoms with E-state index in [-0.39, 0.29) is 52.4 Å². The molecule has 0 N–H and O–H groups in total. The van der Waals surface area contributed by atoms with Crippen LogP contribution in [0.25, 0.3) is 22.3 Å². The molecule has 3 rings (SSSR count). The van der Waals surface area contributed by atoms with Crippen LogP contribution >= 0.6 is 69.6 Å². The summed E-state index contributed by atoms with van der Waals surface area (Å²) in [4.78, 5) is 3.50. The first kappa shape index (κ1) is 21.8. The molecule has 1 heterocycles. The predicted octanol–water partition coefficient (Wildman–Crippen LogP) is 9.35. The van der Waals surface area contributed by atoms with Gasteiger partial charge in [-0.25, -0.2) is 0 Å². The molecule has 0 aliphatic carbocycles. The van der Waals surface area contributed by atoms with Crippen molar-refractivity contribution in [3.05, 3.63) is 72.4 Å². The van der Waals surface area contributed by atoms with Gasteiger partial charge in [-0.1, -0.05) is 69.6 Å². The van der Waals surface area contributed by atoms with Gasteiger partial charge in [0.15, 0.2) is 0 Å². The number of hydrogen-bond acceptors (Lipinski definition) is 1. The molecule has 1 nitrogen and oxygen atoms in total. The Bertz CT molecular complexity index is 1080. The van der Waals surface area contributed by atoms with Crippen molar-refractivity contribution >= 4 is 69.6 Å². The van der Waals surface area contributed by atoms with Gasteiger partial charge in [-0.05, 0) is 35.9 Å². The first-order valence-electron chi connectivity index (χ1n) is 7.37. The van der Waals surface area contributed by atoms with Crippen molar-refractivity contribution < 1.29 is 13.2 Å². The second-order valence-electron chi connectivity index (χ2n) is 5.55. The Balaban J connectivity index is 2.45. The van der Waals surface area contributed by atoms with Crippen LogP contribution in [0.4, 0.5) is 13.2 Å². The summed E-state index contributed by atoms with van der Waals surface area (Å²) in [6.07, 6.45) is -3.71. The molecule has 28 heavy (non-hydrogen) atoms. The normalized spacial score (nSPS) is 11.8. The second kappa shape index (κ2) is 8.10. The van der Waals surface area contributed by atoms with Crippen LogP contribution in [0, 0.1) is 0 Å². The number of alkyl halides is 3. The largest absolute Gasteiger partial charge is 0.433 e. The van der Waals surface area contributed by atoms with Gasteiger partial charge in [-0.15, -0.1) is 0 Å². The van der Waals surface area contributed by atoms with Gasteiger partial charge in [0.2, 0.25) is 0 Å². The van der Waals surface area contributed by atoms with Gasteiger partial charge in [-0.3, -0.25) is 4.98 Å². The molecule has 146 valence electrons. The fourth-order valence-corrected chi connectivity index (χ4v) is 4.03. The van der Waals surface area contributed by atoms with Gasteiger partial charge in [0.05, 0.1) is 30.1 Å². The van der Waals surface area contributed by atoms with E-state index in [0.29, 0.717) is 0 Å². The Morgan fingerprint density at radius 1 is 0.643 bits per heavy atom. The summed E-state index contributed by atoms with van der Waals surface area (Å²) in [7, 11) is 0. The number of rotatable bonds is 2. The van der Waals surface area contributed by atoms with Crippen LogP contribution in [0.2, 0.25) is 30.1 Å². The molecule has 0 fully saturated rings. The predicted molar refractivity (Wildman–Crippen MR) is 110 cm³/mol. The molecule has 0 bridgehead atoms. The van der Waals surface area contributed by atoms with E-state index < -0.39 is 11.9 Å². The van der Waals surface area contributed by atoms with Crippen molar-refractivity contribution in [2.75, 3.05) is 0 Å². The van der Waals surface area contributed by atoms with Crippen LogP contribution in [0.5, 0.6) is 0 Å². The van der Waals surface area contributed by atoms with Crippen LogP contribution in [0.1, 0.15) is 5.69 Å². The van der Waals surface area contributed by atoms with E-state index >= 15 is 0 Å². The highest BCUT2D eigenvalue weighted by molar-refractivity contribution is 6.47. The van der Waals surface area contributed by atoms with Gasteiger partial charge in [0, 0.05) is 22.9 Å². The molecule has 0 amide bonds. The van der Waals surface area contributed by atoms with Crippen molar-refractivity contribution in [1.29, 1.82) is 0 Å². The van der Waals surface area contributed by atoms with Crippen molar-refractivity contribution in [3.63, 3.8) is 0 Å². The van der Waals surface area contributed by atoms with Crippen LogP contribution < -0.4 is 0 Å². The Kier molecular flexibility index (Phi) is 6.31. The summed E-state index contributed by atoms with van der Waals surface area (Å²) in [5.74, 6) is 0. The maximum Gasteiger partial charge on any atom is 0.433 e. The summed E-state index contributed by atoms with van der Waals surface area (Å²) in [5.41, 5.74) is -0.694. The Hall–Kier alpha value is -0.880.